The maximum Gasteiger partial charge on any atom is 0.200 e. The molecule has 5 heteroatoms. The number of halogens is 1. The Balaban J connectivity index is 3.35. The molecule has 3 nitrogen and oxygen atoms in total. The monoisotopic (exact) mass is 193 g/mol. The van der Waals surface area contributed by atoms with Gasteiger partial charge in [0.15, 0.2) is 3.92 Å². The molecule has 1 rings (SSSR count). The Labute approximate surface area is 58.6 Å². The quantitative estimate of drug-likeness (QED) is 0.649. The van der Waals surface area contributed by atoms with E-state index >= 15 is 0 Å². The zero-order valence-corrected chi connectivity index (χ0v) is 6.58. The van der Waals surface area contributed by atoms with Gasteiger partial charge in [-0.15, -0.1) is 0 Å². The van der Waals surface area contributed by atoms with Crippen molar-refractivity contribution in [1.29, 1.82) is 5.41 Å². The van der Waals surface area contributed by atoms with Crippen LogP contribution < -0.4 is 4.80 Å². The molecular formula is C3H4BrN3S. The highest BCUT2D eigenvalue weighted by molar-refractivity contribution is 9.11. The molecule has 0 aliphatic carbocycles. The molecular weight excluding hydrogens is 190 g/mol. The van der Waals surface area contributed by atoms with Crippen molar-refractivity contribution in [3.63, 3.8) is 0 Å². The van der Waals surface area contributed by atoms with E-state index in [1.54, 1.807) is 7.05 Å². The average Bonchev–Trinajstić information content (AvgIpc) is 1.85. The van der Waals surface area contributed by atoms with Crippen molar-refractivity contribution in [1.82, 2.24) is 9.78 Å². The first kappa shape index (κ1) is 5.97. The molecule has 44 valence electrons. The maximum atomic E-state index is 7.13. The van der Waals surface area contributed by atoms with Crippen molar-refractivity contribution in [2.45, 2.75) is 0 Å². The molecule has 0 atom stereocenters. The van der Waals surface area contributed by atoms with Crippen LogP contribution in [0, 0.1) is 5.41 Å². The maximum absolute atomic E-state index is 7.13. The highest BCUT2D eigenvalue weighted by atomic mass is 79.9. The Morgan fingerprint density at radius 3 is 2.62 bits per heavy atom. The minimum absolute atomic E-state index is 0.455. The fourth-order valence-electron chi connectivity index (χ4n) is 0.330. The summed E-state index contributed by atoms with van der Waals surface area (Å²) in [6.45, 7) is 0. The average molecular weight is 194 g/mol. The normalized spacial score (nSPS) is 9.75. The van der Waals surface area contributed by atoms with E-state index in [0.717, 1.165) is 3.92 Å². The number of rotatable bonds is 0. The van der Waals surface area contributed by atoms with Gasteiger partial charge in [-0.1, -0.05) is 11.3 Å². The third kappa shape index (κ3) is 0.976. The van der Waals surface area contributed by atoms with Gasteiger partial charge in [-0.3, -0.25) is 5.41 Å². The van der Waals surface area contributed by atoms with Gasteiger partial charge in [0.1, 0.15) is 0 Å². The summed E-state index contributed by atoms with van der Waals surface area (Å²) in [7, 11) is 1.74. The van der Waals surface area contributed by atoms with Crippen molar-refractivity contribution in [2.24, 2.45) is 7.05 Å². The molecule has 1 aromatic rings. The van der Waals surface area contributed by atoms with E-state index in [1.807, 2.05) is 0 Å². The standard InChI is InChI=1S/C3H4BrN3S/c1-7-3(5)8-2(4)6-7/h5H,1H3. The van der Waals surface area contributed by atoms with Crippen molar-refractivity contribution < 1.29 is 0 Å². The summed E-state index contributed by atoms with van der Waals surface area (Å²) in [4.78, 5) is 0.455. The van der Waals surface area contributed by atoms with Gasteiger partial charge in [0.05, 0.1) is 0 Å². The number of hydrogen-bond donors (Lipinski definition) is 1. The zero-order valence-electron chi connectivity index (χ0n) is 4.18. The number of nitrogens with one attached hydrogen (secondary N) is 1. The predicted octanol–water partition coefficient (Wildman–Crippen LogP) is 0.724. The van der Waals surface area contributed by atoms with Crippen LogP contribution in [0.3, 0.4) is 0 Å². The summed E-state index contributed by atoms with van der Waals surface area (Å²) in [5.41, 5.74) is 0. The van der Waals surface area contributed by atoms with Gasteiger partial charge in [-0.25, -0.2) is 4.68 Å². The first-order chi connectivity index (χ1) is 3.70. The van der Waals surface area contributed by atoms with Crippen LogP contribution in [0.4, 0.5) is 0 Å². The van der Waals surface area contributed by atoms with Crippen LogP contribution in [0.15, 0.2) is 3.92 Å². The van der Waals surface area contributed by atoms with Gasteiger partial charge in [-0.05, 0) is 15.9 Å². The summed E-state index contributed by atoms with van der Waals surface area (Å²) >= 11 is 4.45. The fraction of sp³-hybridized carbons (Fsp3) is 0.333. The summed E-state index contributed by atoms with van der Waals surface area (Å²) in [5, 5.41) is 11.0. The Hall–Kier alpha value is -0.160. The summed E-state index contributed by atoms with van der Waals surface area (Å²) in [6.07, 6.45) is 0. The van der Waals surface area contributed by atoms with E-state index in [2.05, 4.69) is 21.0 Å². The minimum atomic E-state index is 0.455. The molecule has 0 bridgehead atoms. The van der Waals surface area contributed by atoms with Crippen molar-refractivity contribution in [3.8, 4) is 0 Å². The lowest BCUT2D eigenvalue weighted by atomic mass is 11.2. The van der Waals surface area contributed by atoms with Crippen LogP contribution in [0.25, 0.3) is 0 Å². The van der Waals surface area contributed by atoms with Crippen LogP contribution >= 0.6 is 27.3 Å². The Morgan fingerprint density at radius 1 is 1.88 bits per heavy atom. The first-order valence-electron chi connectivity index (χ1n) is 1.94. The molecule has 0 spiro atoms. The van der Waals surface area contributed by atoms with Crippen LogP contribution in [0.1, 0.15) is 0 Å². The molecule has 0 aliphatic rings. The molecule has 0 unspecified atom stereocenters. The number of hydrogen-bond acceptors (Lipinski definition) is 3. The zero-order chi connectivity index (χ0) is 6.15. The third-order valence-electron chi connectivity index (χ3n) is 0.703. The highest BCUT2D eigenvalue weighted by Gasteiger charge is 1.91. The van der Waals surface area contributed by atoms with Crippen molar-refractivity contribution in [3.05, 3.63) is 8.72 Å². The third-order valence-corrected chi connectivity index (χ3v) is 2.06. The molecule has 1 N–H and O–H groups in total. The van der Waals surface area contributed by atoms with E-state index in [-0.39, 0.29) is 0 Å². The van der Waals surface area contributed by atoms with Crippen LogP contribution in [0.2, 0.25) is 0 Å². The second-order valence-electron chi connectivity index (χ2n) is 1.28. The van der Waals surface area contributed by atoms with Gasteiger partial charge in [0, 0.05) is 7.05 Å². The Kier molecular flexibility index (Phi) is 1.48. The highest BCUT2D eigenvalue weighted by Crippen LogP contribution is 2.05. The second-order valence-corrected chi connectivity index (χ2v) is 3.54. The fourth-order valence-corrected chi connectivity index (χ4v) is 1.52. The molecule has 0 fully saturated rings. The number of aromatic nitrogens is 2. The minimum Gasteiger partial charge on any atom is -0.274 e. The molecule has 0 saturated heterocycles. The van der Waals surface area contributed by atoms with Gasteiger partial charge < -0.3 is 0 Å². The predicted molar refractivity (Wildman–Crippen MR) is 34.6 cm³/mol. The Bertz CT molecular complexity index is 237. The lowest BCUT2D eigenvalue weighted by Crippen LogP contribution is -2.08. The van der Waals surface area contributed by atoms with Gasteiger partial charge >= 0.3 is 0 Å². The molecule has 0 amide bonds. The largest absolute Gasteiger partial charge is 0.274 e. The van der Waals surface area contributed by atoms with Crippen molar-refractivity contribution in [2.75, 3.05) is 0 Å². The van der Waals surface area contributed by atoms with E-state index in [1.165, 1.54) is 16.0 Å². The summed E-state index contributed by atoms with van der Waals surface area (Å²) in [6, 6.07) is 0. The van der Waals surface area contributed by atoms with E-state index in [0.29, 0.717) is 4.80 Å². The van der Waals surface area contributed by atoms with E-state index in [4.69, 9.17) is 5.41 Å². The van der Waals surface area contributed by atoms with Crippen molar-refractivity contribution >= 4 is 27.3 Å². The van der Waals surface area contributed by atoms with Gasteiger partial charge in [0.25, 0.3) is 0 Å². The van der Waals surface area contributed by atoms with Crippen LogP contribution in [0.5, 0.6) is 0 Å². The smallest absolute Gasteiger partial charge is 0.200 e. The molecule has 8 heavy (non-hydrogen) atoms. The van der Waals surface area contributed by atoms with E-state index < -0.39 is 0 Å². The molecule has 0 aliphatic heterocycles. The number of nitrogens with zero attached hydrogens (tertiary/aromatic N) is 2. The summed E-state index contributed by atoms with van der Waals surface area (Å²) < 4.78 is 2.26. The molecule has 1 aromatic heterocycles. The molecule has 0 radical (unpaired) electrons. The van der Waals surface area contributed by atoms with Gasteiger partial charge in [0.2, 0.25) is 4.80 Å². The van der Waals surface area contributed by atoms with Gasteiger partial charge in [-0.2, -0.15) is 5.10 Å². The molecule has 1 heterocycles. The lowest BCUT2D eigenvalue weighted by Gasteiger charge is -1.78. The number of aryl methyl sites for hydroxylation is 1. The first-order valence-corrected chi connectivity index (χ1v) is 3.55. The van der Waals surface area contributed by atoms with Crippen LogP contribution in [-0.2, 0) is 7.05 Å². The van der Waals surface area contributed by atoms with E-state index in [9.17, 15) is 0 Å². The SMILES string of the molecule is Cn1nc(Br)sc1=N. The summed E-state index contributed by atoms with van der Waals surface area (Å²) in [5.74, 6) is 0. The molecule has 0 aromatic carbocycles. The molecule has 0 saturated carbocycles. The topological polar surface area (TPSA) is 41.7 Å². The second kappa shape index (κ2) is 1.99. The van der Waals surface area contributed by atoms with Crippen LogP contribution in [-0.4, -0.2) is 9.78 Å². The Morgan fingerprint density at radius 2 is 2.50 bits per heavy atom. The lowest BCUT2D eigenvalue weighted by molar-refractivity contribution is 0.714.